The van der Waals surface area contributed by atoms with Crippen LogP contribution in [0.5, 0.6) is 0 Å². The second-order valence-corrected chi connectivity index (χ2v) is 3.36. The number of hydrogen-bond acceptors (Lipinski definition) is 3. The third kappa shape index (κ3) is 2.47. The minimum Gasteiger partial charge on any atom is -0.439 e. The molecule has 2 aromatic rings. The Morgan fingerprint density at radius 3 is 2.29 bits per heavy atom. The predicted molar refractivity (Wildman–Crippen MR) is 52.9 cm³/mol. The number of rotatable bonds is 2. The van der Waals surface area contributed by atoms with Crippen LogP contribution in [0.15, 0.2) is 34.9 Å². The molecule has 0 saturated carbocycles. The highest BCUT2D eigenvalue weighted by atomic mass is 19.4. The highest BCUT2D eigenvalue weighted by Crippen LogP contribution is 2.30. The zero-order valence-electron chi connectivity index (χ0n) is 8.53. The van der Waals surface area contributed by atoms with Crippen LogP contribution in [0.1, 0.15) is 11.3 Å². The minimum atomic E-state index is -4.36. The molecule has 0 fully saturated rings. The van der Waals surface area contributed by atoms with Crippen molar-refractivity contribution in [2.45, 2.75) is 12.8 Å². The van der Waals surface area contributed by atoms with Crippen LogP contribution >= 0.6 is 0 Å². The fourth-order valence-corrected chi connectivity index (χ4v) is 1.32. The van der Waals surface area contributed by atoms with Crippen LogP contribution in [0, 0.1) is 0 Å². The molecule has 1 N–H and O–H groups in total. The molecular weight excluding hydrogens is 235 g/mol. The molecule has 17 heavy (non-hydrogen) atoms. The smallest absolute Gasteiger partial charge is 0.416 e. The molecule has 1 aromatic heterocycles. The van der Waals surface area contributed by atoms with Crippen LogP contribution in [0.3, 0.4) is 0 Å². The van der Waals surface area contributed by atoms with E-state index in [4.69, 9.17) is 9.52 Å². The number of aliphatic hydroxyl groups is 1. The maximum Gasteiger partial charge on any atom is 0.416 e. The first kappa shape index (κ1) is 11.7. The lowest BCUT2D eigenvalue weighted by atomic mass is 10.1. The van der Waals surface area contributed by atoms with Gasteiger partial charge >= 0.3 is 6.18 Å². The fourth-order valence-electron chi connectivity index (χ4n) is 1.32. The molecule has 0 aliphatic heterocycles. The van der Waals surface area contributed by atoms with Crippen molar-refractivity contribution in [3.63, 3.8) is 0 Å². The van der Waals surface area contributed by atoms with Gasteiger partial charge in [-0.3, -0.25) is 0 Å². The van der Waals surface area contributed by atoms with Crippen molar-refractivity contribution in [3.05, 3.63) is 41.8 Å². The van der Waals surface area contributed by atoms with Crippen LogP contribution in [-0.4, -0.2) is 10.1 Å². The van der Waals surface area contributed by atoms with Gasteiger partial charge in [0.05, 0.1) is 11.8 Å². The number of aliphatic hydroxyl groups excluding tert-OH is 1. The first-order valence-corrected chi connectivity index (χ1v) is 4.74. The number of benzene rings is 1. The summed E-state index contributed by atoms with van der Waals surface area (Å²) in [6.07, 6.45) is -3.03. The molecular formula is C11H8F3NO2. The lowest BCUT2D eigenvalue weighted by Gasteiger charge is -2.06. The lowest BCUT2D eigenvalue weighted by molar-refractivity contribution is -0.137. The number of alkyl halides is 3. The Bertz CT molecular complexity index is 502. The SMILES string of the molecule is OCc1cnc(-c2ccc(C(F)(F)F)cc2)o1. The summed E-state index contributed by atoms with van der Waals surface area (Å²) in [6, 6.07) is 4.46. The first-order valence-electron chi connectivity index (χ1n) is 4.74. The van der Waals surface area contributed by atoms with E-state index < -0.39 is 11.7 Å². The van der Waals surface area contributed by atoms with E-state index in [-0.39, 0.29) is 18.3 Å². The van der Waals surface area contributed by atoms with Gasteiger partial charge in [-0.15, -0.1) is 0 Å². The Labute approximate surface area is 94.5 Å². The van der Waals surface area contributed by atoms with Gasteiger partial charge in [-0.1, -0.05) is 0 Å². The van der Waals surface area contributed by atoms with Gasteiger partial charge in [0.2, 0.25) is 5.89 Å². The van der Waals surface area contributed by atoms with E-state index in [1.807, 2.05) is 0 Å². The van der Waals surface area contributed by atoms with Gasteiger partial charge in [0, 0.05) is 5.56 Å². The van der Waals surface area contributed by atoms with Crippen molar-refractivity contribution < 1.29 is 22.7 Å². The summed E-state index contributed by atoms with van der Waals surface area (Å²) in [6.45, 7) is -0.298. The molecule has 2 rings (SSSR count). The van der Waals surface area contributed by atoms with Gasteiger partial charge < -0.3 is 9.52 Å². The van der Waals surface area contributed by atoms with Crippen LogP contribution in [-0.2, 0) is 12.8 Å². The Kier molecular flexibility index (Phi) is 2.89. The molecule has 0 saturated heterocycles. The van der Waals surface area contributed by atoms with Crippen LogP contribution < -0.4 is 0 Å². The molecule has 0 bridgehead atoms. The van der Waals surface area contributed by atoms with E-state index in [9.17, 15) is 13.2 Å². The van der Waals surface area contributed by atoms with E-state index in [1.54, 1.807) is 0 Å². The number of hydrogen-bond donors (Lipinski definition) is 1. The summed E-state index contributed by atoms with van der Waals surface area (Å²) in [5.74, 6) is 0.447. The number of oxazole rings is 1. The standard InChI is InChI=1S/C11H8F3NO2/c12-11(13,14)8-3-1-7(2-4-8)10-15-5-9(6-16)17-10/h1-5,16H,6H2. The number of aromatic nitrogens is 1. The molecule has 0 radical (unpaired) electrons. The van der Waals surface area contributed by atoms with Gasteiger partial charge in [-0.25, -0.2) is 4.98 Å². The fraction of sp³-hybridized carbons (Fsp3) is 0.182. The van der Waals surface area contributed by atoms with Crippen molar-refractivity contribution in [2.75, 3.05) is 0 Å². The highest BCUT2D eigenvalue weighted by molar-refractivity contribution is 5.53. The maximum atomic E-state index is 12.3. The van der Waals surface area contributed by atoms with Gasteiger partial charge in [0.15, 0.2) is 0 Å². The summed E-state index contributed by atoms with van der Waals surface area (Å²) in [7, 11) is 0. The quantitative estimate of drug-likeness (QED) is 0.882. The largest absolute Gasteiger partial charge is 0.439 e. The molecule has 1 heterocycles. The van der Waals surface area contributed by atoms with Gasteiger partial charge in [-0.05, 0) is 24.3 Å². The minimum absolute atomic E-state index is 0.183. The Balaban J connectivity index is 2.29. The van der Waals surface area contributed by atoms with E-state index in [0.29, 0.717) is 5.56 Å². The van der Waals surface area contributed by atoms with Crippen LogP contribution in [0.2, 0.25) is 0 Å². The number of halogens is 3. The Morgan fingerprint density at radius 2 is 1.82 bits per heavy atom. The third-order valence-corrected chi connectivity index (χ3v) is 2.17. The summed E-state index contributed by atoms with van der Waals surface area (Å²) in [5, 5.41) is 8.77. The normalized spacial score (nSPS) is 11.8. The van der Waals surface area contributed by atoms with Crippen LogP contribution in [0.25, 0.3) is 11.5 Å². The average Bonchev–Trinajstić information content (AvgIpc) is 2.76. The van der Waals surface area contributed by atoms with Crippen LogP contribution in [0.4, 0.5) is 13.2 Å². The number of nitrogens with zero attached hydrogens (tertiary/aromatic N) is 1. The van der Waals surface area contributed by atoms with Crippen molar-refractivity contribution in [1.82, 2.24) is 4.98 Å². The molecule has 6 heteroatoms. The monoisotopic (exact) mass is 243 g/mol. The van der Waals surface area contributed by atoms with Gasteiger partial charge in [0.25, 0.3) is 0 Å². The maximum absolute atomic E-state index is 12.3. The molecule has 3 nitrogen and oxygen atoms in total. The lowest BCUT2D eigenvalue weighted by Crippen LogP contribution is -2.03. The molecule has 0 aliphatic rings. The summed E-state index contributed by atoms with van der Waals surface area (Å²) >= 11 is 0. The van der Waals surface area contributed by atoms with Gasteiger partial charge in [0.1, 0.15) is 12.4 Å². The Hall–Kier alpha value is -1.82. The molecule has 0 unspecified atom stereocenters. The zero-order chi connectivity index (χ0) is 12.5. The van der Waals surface area contributed by atoms with E-state index in [0.717, 1.165) is 12.1 Å². The molecule has 90 valence electrons. The van der Waals surface area contributed by atoms with Crippen molar-refractivity contribution >= 4 is 0 Å². The van der Waals surface area contributed by atoms with Crippen molar-refractivity contribution in [1.29, 1.82) is 0 Å². The summed E-state index contributed by atoms with van der Waals surface area (Å²) in [4.78, 5) is 3.84. The third-order valence-electron chi connectivity index (χ3n) is 2.17. The van der Waals surface area contributed by atoms with Gasteiger partial charge in [-0.2, -0.15) is 13.2 Å². The van der Waals surface area contributed by atoms with Crippen molar-refractivity contribution in [3.8, 4) is 11.5 Å². The molecule has 0 spiro atoms. The van der Waals surface area contributed by atoms with E-state index in [1.165, 1.54) is 18.3 Å². The second kappa shape index (κ2) is 4.21. The van der Waals surface area contributed by atoms with Crippen molar-refractivity contribution in [2.24, 2.45) is 0 Å². The molecule has 1 aromatic carbocycles. The Morgan fingerprint density at radius 1 is 1.18 bits per heavy atom. The average molecular weight is 243 g/mol. The van der Waals surface area contributed by atoms with E-state index in [2.05, 4.69) is 4.98 Å². The predicted octanol–water partition coefficient (Wildman–Crippen LogP) is 2.85. The molecule has 0 aliphatic carbocycles. The summed E-state index contributed by atoms with van der Waals surface area (Å²) < 4.78 is 42.0. The second-order valence-electron chi connectivity index (χ2n) is 3.36. The molecule has 0 atom stereocenters. The highest BCUT2D eigenvalue weighted by Gasteiger charge is 2.30. The van der Waals surface area contributed by atoms with E-state index >= 15 is 0 Å². The first-order chi connectivity index (χ1) is 8.00. The zero-order valence-corrected chi connectivity index (χ0v) is 8.53. The summed E-state index contributed by atoms with van der Waals surface area (Å²) in [5.41, 5.74) is -0.298. The topological polar surface area (TPSA) is 46.3 Å². The molecule has 0 amide bonds.